The van der Waals surface area contributed by atoms with Crippen molar-refractivity contribution in [2.45, 2.75) is 38.5 Å². The summed E-state index contributed by atoms with van der Waals surface area (Å²) in [6.45, 7) is 1.59. The van der Waals surface area contributed by atoms with Crippen molar-refractivity contribution in [2.24, 2.45) is 5.92 Å². The number of carbonyl (C=O) groups is 1. The maximum Gasteiger partial charge on any atom is 0.222 e. The van der Waals surface area contributed by atoms with Crippen LogP contribution >= 0.6 is 21.6 Å². The second-order valence-electron chi connectivity index (χ2n) is 6.51. The molecule has 0 atom stereocenters. The van der Waals surface area contributed by atoms with Gasteiger partial charge in [0.2, 0.25) is 5.91 Å². The summed E-state index contributed by atoms with van der Waals surface area (Å²) in [5, 5.41) is 9.60. The molecule has 5 heteroatoms. The fourth-order valence-electron chi connectivity index (χ4n) is 3.33. The van der Waals surface area contributed by atoms with Gasteiger partial charge in [-0.05, 0) is 54.9 Å². The van der Waals surface area contributed by atoms with E-state index in [0.29, 0.717) is 18.1 Å². The van der Waals surface area contributed by atoms with Crippen molar-refractivity contribution in [2.75, 3.05) is 24.6 Å². The molecule has 3 rings (SSSR count). The van der Waals surface area contributed by atoms with Crippen molar-refractivity contribution in [3.8, 4) is 5.75 Å². The van der Waals surface area contributed by atoms with Crippen molar-refractivity contribution in [1.29, 1.82) is 0 Å². The molecule has 2 heterocycles. The number of nitrogens with zero attached hydrogens (tertiary/aromatic N) is 1. The number of unbranched alkanes of at least 4 members (excludes halogenated alkanes) is 1. The molecule has 0 spiro atoms. The van der Waals surface area contributed by atoms with Crippen LogP contribution in [0.25, 0.3) is 0 Å². The van der Waals surface area contributed by atoms with E-state index in [2.05, 4.69) is 0 Å². The SMILES string of the molecule is O=C(CCCCC1CSSC1)N1CCc2ccc(O)cc2CC1. The number of aromatic hydroxyl groups is 1. The van der Waals surface area contributed by atoms with E-state index in [1.54, 1.807) is 6.07 Å². The Hall–Kier alpha value is -0.810. The zero-order chi connectivity index (χ0) is 16.1. The molecule has 2 aliphatic heterocycles. The zero-order valence-electron chi connectivity index (χ0n) is 13.5. The third-order valence-corrected chi connectivity index (χ3v) is 7.49. The Labute approximate surface area is 146 Å². The van der Waals surface area contributed by atoms with Gasteiger partial charge in [0.25, 0.3) is 0 Å². The Bertz CT molecular complexity index is 544. The van der Waals surface area contributed by atoms with Gasteiger partial charge in [-0.2, -0.15) is 0 Å². The Morgan fingerprint density at radius 3 is 2.65 bits per heavy atom. The lowest BCUT2D eigenvalue weighted by atomic mass is 10.0. The van der Waals surface area contributed by atoms with Gasteiger partial charge in [0.15, 0.2) is 0 Å². The molecule has 1 aromatic rings. The lowest BCUT2D eigenvalue weighted by Gasteiger charge is -2.20. The molecule has 1 fully saturated rings. The first kappa shape index (κ1) is 17.0. The van der Waals surface area contributed by atoms with Crippen LogP contribution in [0.5, 0.6) is 5.75 Å². The Morgan fingerprint density at radius 2 is 1.87 bits per heavy atom. The number of carbonyl (C=O) groups excluding carboxylic acids is 1. The van der Waals surface area contributed by atoms with Gasteiger partial charge in [-0.1, -0.05) is 34.1 Å². The van der Waals surface area contributed by atoms with Gasteiger partial charge < -0.3 is 10.0 Å². The molecular weight excluding hydrogens is 326 g/mol. The van der Waals surface area contributed by atoms with Crippen LogP contribution < -0.4 is 0 Å². The van der Waals surface area contributed by atoms with Gasteiger partial charge in [-0.15, -0.1) is 0 Å². The summed E-state index contributed by atoms with van der Waals surface area (Å²) in [5.41, 5.74) is 2.46. The molecule has 3 nitrogen and oxygen atoms in total. The summed E-state index contributed by atoms with van der Waals surface area (Å²) in [5.74, 6) is 4.07. The second kappa shape index (κ2) is 8.34. The number of phenols is 1. The van der Waals surface area contributed by atoms with Crippen LogP contribution in [0.4, 0.5) is 0 Å². The highest BCUT2D eigenvalue weighted by Gasteiger charge is 2.19. The Kier molecular flexibility index (Phi) is 6.17. The summed E-state index contributed by atoms with van der Waals surface area (Å²) in [6.07, 6.45) is 5.92. The number of rotatable bonds is 5. The van der Waals surface area contributed by atoms with Gasteiger partial charge in [0, 0.05) is 31.0 Å². The number of fused-ring (bicyclic) bond motifs is 1. The summed E-state index contributed by atoms with van der Waals surface area (Å²) in [7, 11) is 3.98. The first-order valence-corrected chi connectivity index (χ1v) is 11.0. The van der Waals surface area contributed by atoms with Crippen molar-refractivity contribution in [3.05, 3.63) is 29.3 Å². The smallest absolute Gasteiger partial charge is 0.222 e. The summed E-state index contributed by atoms with van der Waals surface area (Å²) < 4.78 is 0. The third kappa shape index (κ3) is 4.83. The van der Waals surface area contributed by atoms with Gasteiger partial charge in [-0.3, -0.25) is 4.79 Å². The molecule has 0 unspecified atom stereocenters. The molecule has 126 valence electrons. The molecule has 0 radical (unpaired) electrons. The molecular formula is C18H25NO2S2. The third-order valence-electron chi connectivity index (χ3n) is 4.79. The van der Waals surface area contributed by atoms with Crippen molar-refractivity contribution < 1.29 is 9.90 Å². The number of hydrogen-bond acceptors (Lipinski definition) is 4. The van der Waals surface area contributed by atoms with E-state index in [1.165, 1.54) is 35.5 Å². The Morgan fingerprint density at radius 1 is 1.13 bits per heavy atom. The first-order valence-electron chi connectivity index (χ1n) is 8.55. The number of amides is 1. The van der Waals surface area contributed by atoms with Crippen LogP contribution in [0.2, 0.25) is 0 Å². The second-order valence-corrected chi connectivity index (χ2v) is 9.07. The normalized spacial score (nSPS) is 18.7. The van der Waals surface area contributed by atoms with Crippen LogP contribution in [0.15, 0.2) is 18.2 Å². The lowest BCUT2D eigenvalue weighted by Crippen LogP contribution is -2.33. The molecule has 0 aliphatic carbocycles. The van der Waals surface area contributed by atoms with Crippen LogP contribution in [0.1, 0.15) is 36.8 Å². The molecule has 0 bridgehead atoms. The largest absolute Gasteiger partial charge is 0.508 e. The molecule has 1 saturated heterocycles. The first-order chi connectivity index (χ1) is 11.2. The van der Waals surface area contributed by atoms with Crippen LogP contribution in [0, 0.1) is 5.92 Å². The minimum absolute atomic E-state index is 0.303. The number of hydrogen-bond donors (Lipinski definition) is 1. The Balaban J connectivity index is 1.42. The molecule has 1 aromatic carbocycles. The van der Waals surface area contributed by atoms with E-state index in [-0.39, 0.29) is 0 Å². The van der Waals surface area contributed by atoms with E-state index in [0.717, 1.165) is 38.3 Å². The molecule has 1 N–H and O–H groups in total. The van der Waals surface area contributed by atoms with Crippen molar-refractivity contribution in [3.63, 3.8) is 0 Å². The van der Waals surface area contributed by atoms with Gasteiger partial charge in [-0.25, -0.2) is 0 Å². The van der Waals surface area contributed by atoms with E-state index < -0.39 is 0 Å². The predicted octanol–water partition coefficient (Wildman–Crippen LogP) is 3.89. The standard InChI is InChI=1S/C18H25NO2S2/c20-17-6-5-15-7-9-19(10-8-16(15)11-17)18(21)4-2-1-3-14-12-22-23-13-14/h5-6,11,14,20H,1-4,7-10,12-13H2. The minimum atomic E-state index is 0.303. The van der Waals surface area contributed by atoms with Crippen molar-refractivity contribution in [1.82, 2.24) is 4.90 Å². The van der Waals surface area contributed by atoms with Gasteiger partial charge in [0.05, 0.1) is 0 Å². The minimum Gasteiger partial charge on any atom is -0.508 e. The topological polar surface area (TPSA) is 40.5 Å². The van der Waals surface area contributed by atoms with E-state index in [1.807, 2.05) is 38.6 Å². The van der Waals surface area contributed by atoms with Crippen molar-refractivity contribution >= 4 is 27.5 Å². The molecule has 0 saturated carbocycles. The summed E-state index contributed by atoms with van der Waals surface area (Å²) >= 11 is 0. The predicted molar refractivity (Wildman–Crippen MR) is 99.0 cm³/mol. The lowest BCUT2D eigenvalue weighted by molar-refractivity contribution is -0.131. The highest BCUT2D eigenvalue weighted by atomic mass is 33.1. The summed E-state index contributed by atoms with van der Waals surface area (Å²) in [4.78, 5) is 14.4. The molecule has 23 heavy (non-hydrogen) atoms. The average Bonchev–Trinajstić information content (AvgIpc) is 2.97. The van der Waals surface area contributed by atoms with Gasteiger partial charge >= 0.3 is 0 Å². The van der Waals surface area contributed by atoms with E-state index >= 15 is 0 Å². The monoisotopic (exact) mass is 351 g/mol. The van der Waals surface area contributed by atoms with Crippen LogP contribution in [-0.4, -0.2) is 40.5 Å². The molecule has 0 aromatic heterocycles. The quantitative estimate of drug-likeness (QED) is 0.645. The maximum absolute atomic E-state index is 12.4. The highest BCUT2D eigenvalue weighted by molar-refractivity contribution is 8.77. The highest BCUT2D eigenvalue weighted by Crippen LogP contribution is 2.36. The molecule has 2 aliphatic rings. The zero-order valence-corrected chi connectivity index (χ0v) is 15.1. The van der Waals surface area contributed by atoms with Crippen LogP contribution in [-0.2, 0) is 17.6 Å². The van der Waals surface area contributed by atoms with E-state index in [4.69, 9.17) is 0 Å². The maximum atomic E-state index is 12.4. The van der Waals surface area contributed by atoms with Crippen LogP contribution in [0.3, 0.4) is 0 Å². The average molecular weight is 352 g/mol. The fraction of sp³-hybridized carbons (Fsp3) is 0.611. The number of phenolic OH excluding ortho intramolecular Hbond substituents is 1. The summed E-state index contributed by atoms with van der Waals surface area (Å²) in [6, 6.07) is 5.59. The molecule has 1 amide bonds. The van der Waals surface area contributed by atoms with Gasteiger partial charge in [0.1, 0.15) is 5.75 Å². The van der Waals surface area contributed by atoms with E-state index in [9.17, 15) is 9.90 Å². The fourth-order valence-corrected chi connectivity index (χ4v) is 6.36. The number of benzene rings is 1.